The van der Waals surface area contributed by atoms with Gasteiger partial charge in [0.2, 0.25) is 0 Å². The van der Waals surface area contributed by atoms with Gasteiger partial charge in [0.15, 0.2) is 0 Å². The van der Waals surface area contributed by atoms with E-state index in [0.717, 1.165) is 13.2 Å². The molecule has 136 valence electrons. The van der Waals surface area contributed by atoms with Gasteiger partial charge < -0.3 is 20.1 Å². The lowest BCUT2D eigenvalue weighted by Gasteiger charge is -2.17. The first kappa shape index (κ1) is 18.8. The number of halogens is 3. The van der Waals surface area contributed by atoms with Crippen LogP contribution in [0.15, 0.2) is 29.5 Å². The molecule has 25 heavy (non-hydrogen) atoms. The molecule has 1 aromatic rings. The van der Waals surface area contributed by atoms with Crippen LogP contribution in [0.5, 0.6) is 0 Å². The highest BCUT2D eigenvalue weighted by Gasteiger charge is 2.36. The second kappa shape index (κ2) is 7.14. The summed E-state index contributed by atoms with van der Waals surface area (Å²) in [5.41, 5.74) is -1.03. The Morgan fingerprint density at radius 1 is 1.40 bits per heavy atom. The van der Waals surface area contributed by atoms with Crippen LogP contribution in [-0.2, 0) is 20.5 Å². The zero-order valence-corrected chi connectivity index (χ0v) is 13.6. The van der Waals surface area contributed by atoms with Gasteiger partial charge in [0.25, 0.3) is 5.91 Å². The Labute approximate surface area is 141 Å². The lowest BCUT2D eigenvalue weighted by atomic mass is 10.1. The molecule has 0 spiro atoms. The molecule has 0 fully saturated rings. The van der Waals surface area contributed by atoms with E-state index in [1.165, 1.54) is 24.0 Å². The first-order chi connectivity index (χ1) is 11.7. The molecule has 0 aromatic heterocycles. The van der Waals surface area contributed by atoms with Crippen LogP contribution in [0.1, 0.15) is 11.1 Å². The summed E-state index contributed by atoms with van der Waals surface area (Å²) in [4.78, 5) is 25.5. The average Bonchev–Trinajstić information content (AvgIpc) is 2.85. The van der Waals surface area contributed by atoms with E-state index >= 15 is 0 Å². The van der Waals surface area contributed by atoms with Crippen molar-refractivity contribution in [3.05, 3.63) is 40.6 Å². The lowest BCUT2D eigenvalue weighted by Crippen LogP contribution is -2.31. The molecule has 1 amide bonds. The van der Waals surface area contributed by atoms with Crippen molar-refractivity contribution in [3.8, 4) is 0 Å². The maximum Gasteiger partial charge on any atom is 0.416 e. The van der Waals surface area contributed by atoms with E-state index in [1.807, 2.05) is 0 Å². The Morgan fingerprint density at radius 3 is 2.64 bits per heavy atom. The fourth-order valence-corrected chi connectivity index (χ4v) is 2.56. The number of nitrogens with one attached hydrogen (secondary N) is 1. The molecule has 9 heteroatoms. The molecule has 1 aliphatic rings. The predicted molar refractivity (Wildman–Crippen MR) is 82.5 cm³/mol. The van der Waals surface area contributed by atoms with Crippen molar-refractivity contribution in [1.82, 2.24) is 4.90 Å². The van der Waals surface area contributed by atoms with Crippen LogP contribution in [0.25, 0.3) is 0 Å². The first-order valence-electron chi connectivity index (χ1n) is 7.36. The highest BCUT2D eigenvalue weighted by molar-refractivity contribution is 6.08. The third-order valence-electron chi connectivity index (χ3n) is 3.85. The number of aliphatic hydroxyl groups is 1. The van der Waals surface area contributed by atoms with Crippen molar-refractivity contribution >= 4 is 17.6 Å². The van der Waals surface area contributed by atoms with Crippen molar-refractivity contribution in [3.63, 3.8) is 0 Å². The van der Waals surface area contributed by atoms with Gasteiger partial charge in [-0.25, -0.2) is 4.79 Å². The highest BCUT2D eigenvalue weighted by Crippen LogP contribution is 2.35. The Bertz CT molecular complexity index is 729. The summed E-state index contributed by atoms with van der Waals surface area (Å²) in [6.07, 6.45) is -4.54. The largest absolute Gasteiger partial charge is 0.466 e. The maximum atomic E-state index is 13.0. The minimum atomic E-state index is -4.54. The molecule has 0 radical (unpaired) electrons. The number of carbonyl (C=O) groups is 2. The number of carbonyl (C=O) groups excluding carboxylic acids is 2. The average molecular weight is 358 g/mol. The quantitative estimate of drug-likeness (QED) is 0.783. The van der Waals surface area contributed by atoms with E-state index in [9.17, 15) is 22.8 Å². The third kappa shape index (κ3) is 3.76. The number of ether oxygens (including phenoxy) is 1. The Morgan fingerprint density at radius 2 is 2.08 bits per heavy atom. The highest BCUT2D eigenvalue weighted by atomic mass is 19.4. The number of benzene rings is 1. The molecular formula is C16H17F3N2O4. The summed E-state index contributed by atoms with van der Waals surface area (Å²) >= 11 is 0. The molecule has 0 unspecified atom stereocenters. The van der Waals surface area contributed by atoms with Crippen LogP contribution in [0, 0.1) is 6.92 Å². The van der Waals surface area contributed by atoms with Gasteiger partial charge in [-0.1, -0.05) is 6.07 Å². The fourth-order valence-electron chi connectivity index (χ4n) is 2.56. The van der Waals surface area contributed by atoms with Crippen molar-refractivity contribution in [2.75, 3.05) is 32.1 Å². The van der Waals surface area contributed by atoms with E-state index in [1.54, 1.807) is 0 Å². The molecule has 0 atom stereocenters. The Hall–Kier alpha value is -2.55. The normalized spacial score (nSPS) is 15.0. The van der Waals surface area contributed by atoms with Gasteiger partial charge in [-0.2, -0.15) is 13.2 Å². The van der Waals surface area contributed by atoms with E-state index in [2.05, 4.69) is 10.1 Å². The summed E-state index contributed by atoms with van der Waals surface area (Å²) in [5, 5.41) is 11.6. The van der Waals surface area contributed by atoms with E-state index in [0.29, 0.717) is 0 Å². The number of anilines is 1. The van der Waals surface area contributed by atoms with Gasteiger partial charge in [0.1, 0.15) is 5.70 Å². The van der Waals surface area contributed by atoms with Crippen LogP contribution in [0.2, 0.25) is 0 Å². The summed E-state index contributed by atoms with van der Waals surface area (Å²) < 4.78 is 43.7. The minimum absolute atomic E-state index is 0.00207. The molecule has 0 bridgehead atoms. The number of esters is 1. The number of hydrogen-bond donors (Lipinski definition) is 2. The molecule has 0 saturated heterocycles. The molecule has 1 aromatic carbocycles. The first-order valence-corrected chi connectivity index (χ1v) is 7.36. The summed E-state index contributed by atoms with van der Waals surface area (Å²) in [5.74, 6) is -1.35. The molecule has 1 aliphatic heterocycles. The van der Waals surface area contributed by atoms with E-state index < -0.39 is 23.6 Å². The summed E-state index contributed by atoms with van der Waals surface area (Å²) in [6.45, 7) is 0.864. The second-order valence-electron chi connectivity index (χ2n) is 5.40. The standard InChI is InChI=1S/C16H17F3N2O4/c1-9-11(16(17,18)19)4-3-5-12(9)20-13-10(15(24)25-2)8-21(6-7-22)14(13)23/h3-5,20,22H,6-8H2,1-2H3. The second-order valence-corrected chi connectivity index (χ2v) is 5.40. The molecule has 6 nitrogen and oxygen atoms in total. The van der Waals surface area contributed by atoms with Crippen LogP contribution < -0.4 is 5.32 Å². The molecule has 0 saturated carbocycles. The molecule has 1 heterocycles. The maximum absolute atomic E-state index is 13.0. The van der Waals surface area contributed by atoms with Gasteiger partial charge in [-0.05, 0) is 24.6 Å². The van der Waals surface area contributed by atoms with Gasteiger partial charge in [-0.15, -0.1) is 0 Å². The number of hydrogen-bond acceptors (Lipinski definition) is 5. The fraction of sp³-hybridized carbons (Fsp3) is 0.375. The van der Waals surface area contributed by atoms with Crippen molar-refractivity contribution in [2.45, 2.75) is 13.1 Å². The van der Waals surface area contributed by atoms with Gasteiger partial charge in [0, 0.05) is 12.2 Å². The van der Waals surface area contributed by atoms with Gasteiger partial charge in [0.05, 0.1) is 31.4 Å². The molecule has 2 N–H and O–H groups in total. The van der Waals surface area contributed by atoms with Crippen LogP contribution in [0.4, 0.5) is 18.9 Å². The van der Waals surface area contributed by atoms with Crippen molar-refractivity contribution in [2.24, 2.45) is 0 Å². The molecule has 0 aliphatic carbocycles. The number of aliphatic hydroxyl groups excluding tert-OH is 1. The number of β-amino-alcohol motifs (C(OH)–C–C–N with tert-alkyl or cyclic N) is 1. The SMILES string of the molecule is COC(=O)C1=C(Nc2cccc(C(F)(F)F)c2C)C(=O)N(CCO)C1. The van der Waals surface area contributed by atoms with Crippen LogP contribution in [0.3, 0.4) is 0 Å². The number of rotatable bonds is 5. The lowest BCUT2D eigenvalue weighted by molar-refractivity contribution is -0.138. The summed E-state index contributed by atoms with van der Waals surface area (Å²) in [7, 11) is 1.14. The number of nitrogens with zero attached hydrogens (tertiary/aromatic N) is 1. The molecular weight excluding hydrogens is 341 g/mol. The van der Waals surface area contributed by atoms with E-state index in [-0.39, 0.29) is 42.2 Å². The van der Waals surface area contributed by atoms with Gasteiger partial charge in [-0.3, -0.25) is 4.79 Å². The topological polar surface area (TPSA) is 78.9 Å². The Kier molecular flexibility index (Phi) is 5.36. The zero-order valence-electron chi connectivity index (χ0n) is 13.6. The van der Waals surface area contributed by atoms with Crippen LogP contribution in [-0.4, -0.2) is 48.7 Å². The van der Waals surface area contributed by atoms with Crippen molar-refractivity contribution in [1.29, 1.82) is 0 Å². The Balaban J connectivity index is 2.42. The van der Waals surface area contributed by atoms with E-state index in [4.69, 9.17) is 5.11 Å². The predicted octanol–water partition coefficient (Wildman–Crippen LogP) is 1.69. The smallest absolute Gasteiger partial charge is 0.416 e. The van der Waals surface area contributed by atoms with Crippen LogP contribution >= 0.6 is 0 Å². The number of alkyl halides is 3. The van der Waals surface area contributed by atoms with Gasteiger partial charge >= 0.3 is 12.1 Å². The monoisotopic (exact) mass is 358 g/mol. The zero-order chi connectivity index (χ0) is 18.8. The minimum Gasteiger partial charge on any atom is -0.466 e. The number of amides is 1. The molecule has 2 rings (SSSR count). The third-order valence-corrected chi connectivity index (χ3v) is 3.85. The van der Waals surface area contributed by atoms with Crippen molar-refractivity contribution < 1.29 is 32.6 Å². The number of methoxy groups -OCH3 is 1. The summed E-state index contributed by atoms with van der Waals surface area (Å²) in [6, 6.07) is 3.53.